The van der Waals surface area contributed by atoms with Gasteiger partial charge in [0.15, 0.2) is 0 Å². The molecule has 0 N–H and O–H groups in total. The second-order valence-corrected chi connectivity index (χ2v) is 6.69. The van der Waals surface area contributed by atoms with Crippen LogP contribution in [0.15, 0.2) is 0 Å². The Morgan fingerprint density at radius 3 is 2.53 bits per heavy atom. The van der Waals surface area contributed by atoms with E-state index in [0.29, 0.717) is 38.4 Å². The van der Waals surface area contributed by atoms with Crippen molar-refractivity contribution in [3.63, 3.8) is 0 Å². The second-order valence-electron chi connectivity index (χ2n) is 6.69. The quantitative estimate of drug-likeness (QED) is 0.765. The Hall–Kier alpha value is -0.480. The number of ether oxygens (including phenoxy) is 1. The van der Waals surface area contributed by atoms with E-state index < -0.39 is 5.67 Å². The van der Waals surface area contributed by atoms with E-state index in [0.717, 1.165) is 43.7 Å². The number of halogens is 1. The highest BCUT2D eigenvalue weighted by atomic mass is 19.1. The third kappa shape index (κ3) is 3.00. The van der Waals surface area contributed by atoms with Gasteiger partial charge in [-0.3, -0.25) is 4.90 Å². The van der Waals surface area contributed by atoms with E-state index in [4.69, 9.17) is 4.74 Å². The number of piperidine rings is 1. The van der Waals surface area contributed by atoms with Crippen LogP contribution in [0.25, 0.3) is 0 Å². The average Bonchev–Trinajstić information content (AvgIpc) is 2.80. The molecule has 3 fully saturated rings. The molecule has 0 radical (unpaired) electrons. The lowest BCUT2D eigenvalue weighted by Crippen LogP contribution is -2.43. The highest BCUT2D eigenvalue weighted by Gasteiger charge is 2.55. The van der Waals surface area contributed by atoms with Crippen molar-refractivity contribution in [1.29, 1.82) is 0 Å². The summed E-state index contributed by atoms with van der Waals surface area (Å²) in [5.41, 5.74) is -1.02. The molecule has 108 valence electrons. The minimum atomic E-state index is -1.02. The molecule has 19 heavy (non-hydrogen) atoms. The number of rotatable bonds is 5. The topological polar surface area (TPSA) is 29.5 Å². The van der Waals surface area contributed by atoms with Crippen LogP contribution in [-0.4, -0.2) is 49.2 Å². The molecule has 2 unspecified atom stereocenters. The van der Waals surface area contributed by atoms with Crippen molar-refractivity contribution in [2.45, 2.75) is 38.3 Å². The molecule has 3 nitrogen and oxygen atoms in total. The van der Waals surface area contributed by atoms with E-state index in [1.807, 2.05) is 0 Å². The van der Waals surface area contributed by atoms with Gasteiger partial charge in [-0.15, -0.1) is 0 Å². The standard InChI is InChI=1S/C15H24FNO2/c1-11(18)2-3-12-13-8-17(9-14(12)13)10-15(16)4-6-19-7-5-15/h12-14H,2-10H2,1H3. The largest absolute Gasteiger partial charge is 0.381 e. The summed E-state index contributed by atoms with van der Waals surface area (Å²) in [4.78, 5) is 13.3. The van der Waals surface area contributed by atoms with Crippen LogP contribution in [0.2, 0.25) is 0 Å². The van der Waals surface area contributed by atoms with Crippen molar-refractivity contribution >= 4 is 5.78 Å². The maximum atomic E-state index is 14.6. The van der Waals surface area contributed by atoms with Gasteiger partial charge in [0.25, 0.3) is 0 Å². The van der Waals surface area contributed by atoms with Gasteiger partial charge in [-0.1, -0.05) is 0 Å². The Kier molecular flexibility index (Phi) is 3.65. The van der Waals surface area contributed by atoms with Crippen LogP contribution in [0, 0.1) is 17.8 Å². The Morgan fingerprint density at radius 2 is 1.95 bits per heavy atom. The number of hydrogen-bond donors (Lipinski definition) is 0. The van der Waals surface area contributed by atoms with E-state index >= 15 is 0 Å². The minimum absolute atomic E-state index is 0.298. The molecule has 0 aromatic carbocycles. The molecule has 3 aliphatic rings. The fourth-order valence-electron chi connectivity index (χ4n) is 3.96. The van der Waals surface area contributed by atoms with Gasteiger partial charge in [0, 0.05) is 52.1 Å². The summed E-state index contributed by atoms with van der Waals surface area (Å²) >= 11 is 0. The van der Waals surface area contributed by atoms with Crippen molar-refractivity contribution in [3.05, 3.63) is 0 Å². The predicted octanol–water partition coefficient (Wildman–Crippen LogP) is 2.05. The van der Waals surface area contributed by atoms with Crippen molar-refractivity contribution in [1.82, 2.24) is 4.90 Å². The first-order chi connectivity index (χ1) is 9.07. The van der Waals surface area contributed by atoms with E-state index in [1.165, 1.54) is 0 Å². The third-order valence-electron chi connectivity index (χ3n) is 5.17. The fraction of sp³-hybridized carbons (Fsp3) is 0.933. The van der Waals surface area contributed by atoms with Gasteiger partial charge in [-0.25, -0.2) is 4.39 Å². The van der Waals surface area contributed by atoms with Crippen LogP contribution < -0.4 is 0 Å². The zero-order valence-electron chi connectivity index (χ0n) is 11.7. The zero-order valence-corrected chi connectivity index (χ0v) is 11.7. The molecule has 2 aliphatic heterocycles. The van der Waals surface area contributed by atoms with Crippen LogP contribution in [0.5, 0.6) is 0 Å². The third-order valence-corrected chi connectivity index (χ3v) is 5.17. The normalized spacial score (nSPS) is 37.1. The van der Waals surface area contributed by atoms with E-state index in [2.05, 4.69) is 4.90 Å². The number of fused-ring (bicyclic) bond motifs is 1. The number of carbonyl (C=O) groups excluding carboxylic acids is 1. The van der Waals surface area contributed by atoms with E-state index in [9.17, 15) is 9.18 Å². The summed E-state index contributed by atoms with van der Waals surface area (Å²) in [5, 5.41) is 0. The molecule has 3 rings (SSSR count). The molecular weight excluding hydrogens is 245 g/mol. The van der Waals surface area contributed by atoms with Crippen molar-refractivity contribution < 1.29 is 13.9 Å². The fourth-order valence-corrected chi connectivity index (χ4v) is 3.96. The molecule has 1 aliphatic carbocycles. The van der Waals surface area contributed by atoms with Gasteiger partial charge in [0.05, 0.1) is 0 Å². The maximum absolute atomic E-state index is 14.6. The van der Waals surface area contributed by atoms with E-state index in [-0.39, 0.29) is 0 Å². The Morgan fingerprint density at radius 1 is 1.32 bits per heavy atom. The summed E-state index contributed by atoms with van der Waals surface area (Å²) < 4.78 is 19.8. The molecule has 1 saturated carbocycles. The first-order valence-corrected chi connectivity index (χ1v) is 7.56. The smallest absolute Gasteiger partial charge is 0.129 e. The molecule has 0 spiro atoms. The van der Waals surface area contributed by atoms with Crippen molar-refractivity contribution in [2.75, 3.05) is 32.8 Å². The van der Waals surface area contributed by atoms with Crippen LogP contribution in [0.1, 0.15) is 32.6 Å². The van der Waals surface area contributed by atoms with Crippen molar-refractivity contribution in [2.24, 2.45) is 17.8 Å². The lowest BCUT2D eigenvalue weighted by atomic mass is 9.95. The van der Waals surface area contributed by atoms with Crippen LogP contribution in [0.4, 0.5) is 4.39 Å². The molecule has 0 bridgehead atoms. The molecule has 0 aromatic rings. The van der Waals surface area contributed by atoms with Gasteiger partial charge in [0.2, 0.25) is 0 Å². The van der Waals surface area contributed by atoms with Gasteiger partial charge in [-0.05, 0) is 31.1 Å². The lowest BCUT2D eigenvalue weighted by Gasteiger charge is -2.34. The molecule has 0 aromatic heterocycles. The van der Waals surface area contributed by atoms with Crippen molar-refractivity contribution in [3.8, 4) is 0 Å². The monoisotopic (exact) mass is 269 g/mol. The lowest BCUT2D eigenvalue weighted by molar-refractivity contribution is -0.117. The van der Waals surface area contributed by atoms with E-state index in [1.54, 1.807) is 6.92 Å². The van der Waals surface area contributed by atoms with Gasteiger partial charge >= 0.3 is 0 Å². The highest BCUT2D eigenvalue weighted by Crippen LogP contribution is 2.54. The molecular formula is C15H24FNO2. The SMILES string of the molecule is CC(=O)CCC1C2CN(CC3(F)CCOCC3)CC12. The number of Topliss-reactive ketones (excluding diaryl/α,β-unsaturated/α-hetero) is 1. The minimum Gasteiger partial charge on any atom is -0.381 e. The molecule has 4 heteroatoms. The average molecular weight is 269 g/mol. The summed E-state index contributed by atoms with van der Waals surface area (Å²) in [7, 11) is 0. The number of ketones is 1. The Balaban J connectivity index is 1.42. The second kappa shape index (κ2) is 5.13. The van der Waals surface area contributed by atoms with Gasteiger partial charge in [0.1, 0.15) is 11.5 Å². The number of alkyl halides is 1. The number of likely N-dealkylation sites (tertiary alicyclic amines) is 1. The van der Waals surface area contributed by atoms with Crippen LogP contribution in [0.3, 0.4) is 0 Å². The Labute approximate surface area is 114 Å². The molecule has 2 saturated heterocycles. The summed E-state index contributed by atoms with van der Waals surface area (Å²) in [5.74, 6) is 2.52. The van der Waals surface area contributed by atoms with Gasteiger partial charge < -0.3 is 9.53 Å². The molecule has 0 amide bonds. The number of nitrogens with zero attached hydrogens (tertiary/aromatic N) is 1. The summed E-state index contributed by atoms with van der Waals surface area (Å²) in [6.45, 7) is 5.47. The number of carbonyl (C=O) groups is 1. The molecule has 2 atom stereocenters. The first kappa shape index (κ1) is 13.5. The van der Waals surface area contributed by atoms with Crippen LogP contribution >= 0.6 is 0 Å². The maximum Gasteiger partial charge on any atom is 0.129 e. The summed E-state index contributed by atoms with van der Waals surface area (Å²) in [6, 6.07) is 0. The van der Waals surface area contributed by atoms with Crippen LogP contribution in [-0.2, 0) is 9.53 Å². The molecule has 2 heterocycles. The Bertz CT molecular complexity index is 342. The van der Waals surface area contributed by atoms with Gasteiger partial charge in [-0.2, -0.15) is 0 Å². The predicted molar refractivity (Wildman–Crippen MR) is 70.7 cm³/mol. The summed E-state index contributed by atoms with van der Waals surface area (Å²) in [6.07, 6.45) is 2.87. The first-order valence-electron chi connectivity index (χ1n) is 7.56. The highest BCUT2D eigenvalue weighted by molar-refractivity contribution is 5.75. The zero-order chi connectivity index (χ0) is 13.5. The number of hydrogen-bond acceptors (Lipinski definition) is 3.